The van der Waals surface area contributed by atoms with E-state index in [1.54, 1.807) is 6.92 Å². The van der Waals surface area contributed by atoms with Gasteiger partial charge < -0.3 is 17.7 Å². The van der Waals surface area contributed by atoms with Crippen molar-refractivity contribution >= 4 is 6.98 Å². The lowest BCUT2D eigenvalue weighted by molar-refractivity contribution is 0.0739. The van der Waals surface area contributed by atoms with Crippen LogP contribution in [0.1, 0.15) is 46.0 Å². The number of hydrogen-bond acceptors (Lipinski definition) is 1. The highest BCUT2D eigenvalue weighted by atomic mass is 19.4. The molecule has 0 fully saturated rings. The summed E-state index contributed by atoms with van der Waals surface area (Å²) in [5, 5.41) is 0. The molecule has 1 atom stereocenters. The molecule has 0 aromatic rings. The minimum absolute atomic E-state index is 0.268. The summed E-state index contributed by atoms with van der Waals surface area (Å²) in [6.45, 7) is -2.04. The van der Waals surface area contributed by atoms with Crippen molar-refractivity contribution in [1.82, 2.24) is 0 Å². The number of unbranched alkanes of at least 4 members (excludes halogenated alkanes) is 3. The Bertz CT molecular complexity index is 139. The van der Waals surface area contributed by atoms with E-state index in [2.05, 4.69) is 11.7 Å². The molecule has 0 aromatic heterocycles. The summed E-state index contributed by atoms with van der Waals surface area (Å²) in [5.74, 6) is 0. The van der Waals surface area contributed by atoms with Gasteiger partial charge in [0.25, 0.3) is 0 Å². The SMILES string of the molecule is CCCCCCC(C)OC[B-](F)(F)F. The van der Waals surface area contributed by atoms with E-state index in [1.807, 2.05) is 0 Å². The van der Waals surface area contributed by atoms with E-state index in [0.29, 0.717) is 0 Å². The van der Waals surface area contributed by atoms with E-state index in [1.165, 1.54) is 0 Å². The number of rotatable bonds is 8. The molecule has 0 amide bonds. The molecule has 0 aromatic carbocycles. The van der Waals surface area contributed by atoms with Gasteiger partial charge >= 0.3 is 6.98 Å². The van der Waals surface area contributed by atoms with Crippen LogP contribution in [0, 0.1) is 0 Å². The van der Waals surface area contributed by atoms with Gasteiger partial charge in [0.05, 0.1) is 6.10 Å². The zero-order valence-electron chi connectivity index (χ0n) is 8.94. The van der Waals surface area contributed by atoms with E-state index < -0.39 is 13.5 Å². The molecule has 0 heterocycles. The Kier molecular flexibility index (Phi) is 7.06. The van der Waals surface area contributed by atoms with Crippen LogP contribution in [-0.4, -0.2) is 19.6 Å². The molecule has 0 radical (unpaired) electrons. The molecule has 0 aliphatic heterocycles. The second-order valence-corrected chi connectivity index (χ2v) is 3.70. The van der Waals surface area contributed by atoms with Crippen molar-refractivity contribution in [1.29, 1.82) is 0 Å². The largest absolute Gasteiger partial charge is 0.503 e. The van der Waals surface area contributed by atoms with Crippen LogP contribution in [0.4, 0.5) is 12.9 Å². The summed E-state index contributed by atoms with van der Waals surface area (Å²) in [7, 11) is 0. The fraction of sp³-hybridized carbons (Fsp3) is 1.00. The van der Waals surface area contributed by atoms with Crippen molar-refractivity contribution < 1.29 is 17.7 Å². The summed E-state index contributed by atoms with van der Waals surface area (Å²) in [6.07, 6.45) is 4.79. The van der Waals surface area contributed by atoms with Crippen LogP contribution in [0.3, 0.4) is 0 Å². The van der Waals surface area contributed by atoms with Gasteiger partial charge in [-0.25, -0.2) is 0 Å². The zero-order chi connectivity index (χ0) is 11.0. The van der Waals surface area contributed by atoms with Gasteiger partial charge in [0.15, 0.2) is 0 Å². The van der Waals surface area contributed by atoms with Gasteiger partial charge in [-0.3, -0.25) is 0 Å². The van der Waals surface area contributed by atoms with E-state index >= 15 is 0 Å². The minimum atomic E-state index is -4.78. The van der Waals surface area contributed by atoms with Gasteiger partial charge in [-0.15, -0.1) is 0 Å². The Balaban J connectivity index is 3.32. The molecule has 1 nitrogen and oxygen atoms in total. The van der Waals surface area contributed by atoms with Gasteiger partial charge in [-0.2, -0.15) is 0 Å². The molecule has 0 bridgehead atoms. The van der Waals surface area contributed by atoms with Crippen LogP contribution in [-0.2, 0) is 4.74 Å². The predicted molar refractivity (Wildman–Crippen MR) is 53.3 cm³/mol. The second-order valence-electron chi connectivity index (χ2n) is 3.70. The van der Waals surface area contributed by atoms with Crippen molar-refractivity contribution in [2.75, 3.05) is 6.51 Å². The second kappa shape index (κ2) is 7.15. The monoisotopic (exact) mass is 211 g/mol. The molecule has 0 saturated carbocycles. The van der Waals surface area contributed by atoms with Crippen molar-refractivity contribution in [3.05, 3.63) is 0 Å². The first-order chi connectivity index (χ1) is 6.45. The van der Waals surface area contributed by atoms with E-state index in [-0.39, 0.29) is 6.10 Å². The number of ether oxygens (including phenoxy) is 1. The lowest BCUT2D eigenvalue weighted by Crippen LogP contribution is -2.27. The first-order valence-corrected chi connectivity index (χ1v) is 5.28. The van der Waals surface area contributed by atoms with E-state index in [0.717, 1.165) is 32.1 Å². The highest BCUT2D eigenvalue weighted by molar-refractivity contribution is 6.58. The van der Waals surface area contributed by atoms with Crippen molar-refractivity contribution in [2.24, 2.45) is 0 Å². The van der Waals surface area contributed by atoms with Crippen LogP contribution in [0.5, 0.6) is 0 Å². The molecule has 0 N–H and O–H groups in total. The van der Waals surface area contributed by atoms with E-state index in [4.69, 9.17) is 0 Å². The average molecular weight is 211 g/mol. The number of halogens is 3. The summed E-state index contributed by atoms with van der Waals surface area (Å²) >= 11 is 0. The Hall–Kier alpha value is -0.185. The maximum Gasteiger partial charge on any atom is 0.503 e. The molecule has 14 heavy (non-hydrogen) atoms. The fourth-order valence-corrected chi connectivity index (χ4v) is 1.22. The Morgan fingerprint density at radius 2 is 1.79 bits per heavy atom. The highest BCUT2D eigenvalue weighted by Gasteiger charge is 2.24. The zero-order valence-corrected chi connectivity index (χ0v) is 8.94. The molecule has 0 aliphatic rings. The third-order valence-corrected chi connectivity index (χ3v) is 2.03. The Labute approximate surface area is 84.1 Å². The van der Waals surface area contributed by atoms with Gasteiger partial charge in [-0.05, 0) is 13.3 Å². The Morgan fingerprint density at radius 1 is 1.14 bits per heavy atom. The first-order valence-electron chi connectivity index (χ1n) is 5.28. The van der Waals surface area contributed by atoms with Gasteiger partial charge in [0.2, 0.25) is 0 Å². The van der Waals surface area contributed by atoms with Gasteiger partial charge in [0.1, 0.15) is 0 Å². The summed E-state index contributed by atoms with van der Waals surface area (Å²) < 4.78 is 40.1. The van der Waals surface area contributed by atoms with Crippen LogP contribution < -0.4 is 0 Å². The molecule has 86 valence electrons. The molecule has 0 aliphatic carbocycles. The average Bonchev–Trinajstić information content (AvgIpc) is 2.08. The topological polar surface area (TPSA) is 9.23 Å². The van der Waals surface area contributed by atoms with Gasteiger partial charge in [0, 0.05) is 6.51 Å². The maximum absolute atomic E-state index is 11.8. The third-order valence-electron chi connectivity index (χ3n) is 2.03. The smallest absolute Gasteiger partial charge is 0.447 e. The van der Waals surface area contributed by atoms with E-state index in [9.17, 15) is 12.9 Å². The van der Waals surface area contributed by atoms with Crippen molar-refractivity contribution in [3.8, 4) is 0 Å². The Morgan fingerprint density at radius 3 is 2.29 bits per heavy atom. The highest BCUT2D eigenvalue weighted by Crippen LogP contribution is 2.12. The molecular weight excluding hydrogens is 192 g/mol. The summed E-state index contributed by atoms with van der Waals surface area (Å²) in [5.41, 5.74) is 0. The normalized spacial score (nSPS) is 14.4. The first kappa shape index (κ1) is 13.8. The standard InChI is InChI=1S/C9H19BF3O/c1-3-4-5-6-7-9(2)14-8-10(11,12)13/h9H,3-8H2,1-2H3/q-1. The van der Waals surface area contributed by atoms with Gasteiger partial charge in [-0.1, -0.05) is 32.6 Å². The molecule has 0 saturated heterocycles. The lowest BCUT2D eigenvalue weighted by atomic mass is 9.94. The quantitative estimate of drug-likeness (QED) is 0.438. The van der Waals surface area contributed by atoms with Crippen molar-refractivity contribution in [3.63, 3.8) is 0 Å². The molecular formula is C9H19BF3O-. The fourth-order valence-electron chi connectivity index (χ4n) is 1.22. The van der Waals surface area contributed by atoms with Crippen LogP contribution in [0.25, 0.3) is 0 Å². The minimum Gasteiger partial charge on any atom is -0.447 e. The molecule has 0 rings (SSSR count). The third kappa shape index (κ3) is 9.90. The van der Waals surface area contributed by atoms with Crippen LogP contribution in [0.15, 0.2) is 0 Å². The lowest BCUT2D eigenvalue weighted by Gasteiger charge is -2.18. The van der Waals surface area contributed by atoms with Crippen LogP contribution in [0.2, 0.25) is 0 Å². The number of hydrogen-bond donors (Lipinski definition) is 0. The summed E-state index contributed by atoms with van der Waals surface area (Å²) in [6, 6.07) is 0. The van der Waals surface area contributed by atoms with Crippen molar-refractivity contribution in [2.45, 2.75) is 52.1 Å². The summed E-state index contributed by atoms with van der Waals surface area (Å²) in [4.78, 5) is 0. The predicted octanol–water partition coefficient (Wildman–Crippen LogP) is 3.75. The van der Waals surface area contributed by atoms with Crippen LogP contribution >= 0.6 is 0 Å². The molecule has 0 spiro atoms. The maximum atomic E-state index is 11.8. The molecule has 1 unspecified atom stereocenters. The molecule has 5 heteroatoms.